The quantitative estimate of drug-likeness (QED) is 0.361. The molecule has 0 aromatic carbocycles. The molecule has 5 heteroatoms. The van der Waals surface area contributed by atoms with E-state index in [4.69, 9.17) is 22.1 Å². The number of carbonyl (C=O) groups excluding carboxylic acids is 1. The molecule has 0 aliphatic rings. The van der Waals surface area contributed by atoms with Crippen LogP contribution >= 0.6 is 11.6 Å². The SMILES string of the molecule is COC(=O)C(N)COCCCl. The van der Waals surface area contributed by atoms with Gasteiger partial charge in [0.25, 0.3) is 0 Å². The lowest BCUT2D eigenvalue weighted by molar-refractivity contribution is -0.143. The maximum absolute atomic E-state index is 10.6. The number of hydrogen-bond acceptors (Lipinski definition) is 4. The van der Waals surface area contributed by atoms with Gasteiger partial charge < -0.3 is 15.2 Å². The van der Waals surface area contributed by atoms with Crippen LogP contribution in [-0.4, -0.2) is 38.2 Å². The standard InChI is InChI=1S/C6H12ClNO3/c1-10-6(9)5(8)4-11-3-2-7/h5H,2-4,8H2,1H3. The van der Waals surface area contributed by atoms with Gasteiger partial charge in [-0.15, -0.1) is 11.6 Å². The summed E-state index contributed by atoms with van der Waals surface area (Å²) >= 11 is 5.32. The van der Waals surface area contributed by atoms with Crippen LogP contribution in [0.4, 0.5) is 0 Å². The molecule has 0 aliphatic heterocycles. The van der Waals surface area contributed by atoms with Crippen molar-refractivity contribution in [3.63, 3.8) is 0 Å². The predicted molar refractivity (Wildman–Crippen MR) is 41.5 cm³/mol. The van der Waals surface area contributed by atoms with Crippen molar-refractivity contribution in [3.05, 3.63) is 0 Å². The summed E-state index contributed by atoms with van der Waals surface area (Å²) in [4.78, 5) is 10.6. The first-order valence-corrected chi connectivity index (χ1v) is 3.73. The van der Waals surface area contributed by atoms with Crippen molar-refractivity contribution in [2.24, 2.45) is 5.73 Å². The Morgan fingerprint density at radius 1 is 1.73 bits per heavy atom. The van der Waals surface area contributed by atoms with Crippen molar-refractivity contribution >= 4 is 17.6 Å². The average Bonchev–Trinajstić information content (AvgIpc) is 2.03. The van der Waals surface area contributed by atoms with Gasteiger partial charge in [-0.1, -0.05) is 0 Å². The van der Waals surface area contributed by atoms with E-state index in [2.05, 4.69) is 4.74 Å². The Bertz CT molecular complexity index is 120. The van der Waals surface area contributed by atoms with E-state index in [0.717, 1.165) is 0 Å². The topological polar surface area (TPSA) is 61.5 Å². The molecule has 66 valence electrons. The lowest BCUT2D eigenvalue weighted by Gasteiger charge is -2.08. The molecule has 0 aromatic heterocycles. The number of esters is 1. The highest BCUT2D eigenvalue weighted by molar-refractivity contribution is 6.17. The minimum Gasteiger partial charge on any atom is -0.468 e. The van der Waals surface area contributed by atoms with Gasteiger partial charge in [0, 0.05) is 5.88 Å². The van der Waals surface area contributed by atoms with Gasteiger partial charge in [-0.25, -0.2) is 0 Å². The number of halogens is 1. The lowest BCUT2D eigenvalue weighted by atomic mass is 10.3. The molecular weight excluding hydrogens is 170 g/mol. The average molecular weight is 182 g/mol. The Hall–Kier alpha value is -0.320. The molecule has 0 spiro atoms. The summed E-state index contributed by atoms with van der Waals surface area (Å²) in [7, 11) is 1.28. The van der Waals surface area contributed by atoms with Crippen LogP contribution in [-0.2, 0) is 14.3 Å². The number of rotatable bonds is 5. The summed E-state index contributed by atoms with van der Waals surface area (Å²) < 4.78 is 9.28. The first-order chi connectivity index (χ1) is 5.22. The van der Waals surface area contributed by atoms with Gasteiger partial charge in [0.15, 0.2) is 0 Å². The second kappa shape index (κ2) is 6.39. The highest BCUT2D eigenvalue weighted by atomic mass is 35.5. The predicted octanol–water partition coefficient (Wildman–Crippen LogP) is -0.258. The molecule has 0 rings (SSSR count). The molecule has 0 fully saturated rings. The second-order valence-electron chi connectivity index (χ2n) is 1.89. The minimum absolute atomic E-state index is 0.152. The zero-order valence-electron chi connectivity index (χ0n) is 6.38. The van der Waals surface area contributed by atoms with Gasteiger partial charge >= 0.3 is 5.97 Å². The summed E-state index contributed by atoms with van der Waals surface area (Å²) in [6, 6.07) is -0.705. The number of alkyl halides is 1. The molecule has 0 aromatic rings. The van der Waals surface area contributed by atoms with Crippen molar-refractivity contribution < 1.29 is 14.3 Å². The Balaban J connectivity index is 3.36. The van der Waals surface area contributed by atoms with E-state index in [9.17, 15) is 4.79 Å². The van der Waals surface area contributed by atoms with Crippen LogP contribution in [0.15, 0.2) is 0 Å². The summed E-state index contributed by atoms with van der Waals surface area (Å²) in [6.07, 6.45) is 0. The van der Waals surface area contributed by atoms with Gasteiger partial charge in [0.05, 0.1) is 20.3 Å². The van der Waals surface area contributed by atoms with Crippen molar-refractivity contribution in [2.45, 2.75) is 6.04 Å². The molecule has 0 heterocycles. The van der Waals surface area contributed by atoms with E-state index in [0.29, 0.717) is 12.5 Å². The number of nitrogens with two attached hydrogens (primary N) is 1. The number of carbonyl (C=O) groups is 1. The highest BCUT2D eigenvalue weighted by Crippen LogP contribution is 1.86. The van der Waals surface area contributed by atoms with Gasteiger partial charge in [0.1, 0.15) is 6.04 Å². The molecule has 1 atom stereocenters. The minimum atomic E-state index is -0.705. The summed E-state index contributed by atoms with van der Waals surface area (Å²) in [5.74, 6) is -0.0759. The Morgan fingerprint density at radius 3 is 2.82 bits per heavy atom. The number of ether oxygens (including phenoxy) is 2. The first-order valence-electron chi connectivity index (χ1n) is 3.19. The summed E-state index contributed by atoms with van der Waals surface area (Å²) in [5, 5.41) is 0. The van der Waals surface area contributed by atoms with Crippen LogP contribution < -0.4 is 5.73 Å². The van der Waals surface area contributed by atoms with Crippen molar-refractivity contribution in [1.82, 2.24) is 0 Å². The molecule has 0 radical (unpaired) electrons. The van der Waals surface area contributed by atoms with E-state index in [-0.39, 0.29) is 6.61 Å². The second-order valence-corrected chi connectivity index (χ2v) is 2.27. The molecule has 0 saturated heterocycles. The van der Waals surface area contributed by atoms with Crippen molar-refractivity contribution in [3.8, 4) is 0 Å². The molecule has 0 saturated carbocycles. The third-order valence-electron chi connectivity index (χ3n) is 1.02. The molecule has 0 bridgehead atoms. The van der Waals surface area contributed by atoms with Crippen molar-refractivity contribution in [2.75, 3.05) is 26.2 Å². The fraction of sp³-hybridized carbons (Fsp3) is 0.833. The lowest BCUT2D eigenvalue weighted by Crippen LogP contribution is -2.36. The monoisotopic (exact) mass is 181 g/mol. The van der Waals surface area contributed by atoms with Crippen LogP contribution in [0.25, 0.3) is 0 Å². The van der Waals surface area contributed by atoms with Gasteiger partial charge in [0.2, 0.25) is 0 Å². The third-order valence-corrected chi connectivity index (χ3v) is 1.18. The maximum atomic E-state index is 10.6. The van der Waals surface area contributed by atoms with E-state index < -0.39 is 12.0 Å². The van der Waals surface area contributed by atoms with Gasteiger partial charge in [-0.3, -0.25) is 4.79 Å². The summed E-state index contributed by atoms with van der Waals surface area (Å²) in [6.45, 7) is 0.547. The fourth-order valence-corrected chi connectivity index (χ4v) is 0.593. The fourth-order valence-electron chi connectivity index (χ4n) is 0.484. The molecule has 11 heavy (non-hydrogen) atoms. The van der Waals surface area contributed by atoms with E-state index in [1.807, 2.05) is 0 Å². The van der Waals surface area contributed by atoms with Crippen LogP contribution in [0.5, 0.6) is 0 Å². The van der Waals surface area contributed by atoms with Crippen LogP contribution in [0.1, 0.15) is 0 Å². The molecular formula is C6H12ClNO3. The van der Waals surface area contributed by atoms with Crippen LogP contribution in [0, 0.1) is 0 Å². The van der Waals surface area contributed by atoms with Gasteiger partial charge in [-0.05, 0) is 0 Å². The zero-order chi connectivity index (χ0) is 8.69. The molecule has 4 nitrogen and oxygen atoms in total. The molecule has 0 amide bonds. The largest absolute Gasteiger partial charge is 0.468 e. The Kier molecular flexibility index (Phi) is 6.21. The smallest absolute Gasteiger partial charge is 0.325 e. The van der Waals surface area contributed by atoms with E-state index in [1.54, 1.807) is 0 Å². The van der Waals surface area contributed by atoms with E-state index in [1.165, 1.54) is 7.11 Å². The normalized spacial score (nSPS) is 12.6. The maximum Gasteiger partial charge on any atom is 0.325 e. The Labute approximate surface area is 70.6 Å². The third kappa shape index (κ3) is 5.01. The zero-order valence-corrected chi connectivity index (χ0v) is 7.13. The summed E-state index contributed by atoms with van der Waals surface area (Å²) in [5.41, 5.74) is 5.33. The molecule has 1 unspecified atom stereocenters. The number of methoxy groups -OCH3 is 1. The Morgan fingerprint density at radius 2 is 2.36 bits per heavy atom. The van der Waals surface area contributed by atoms with Gasteiger partial charge in [-0.2, -0.15) is 0 Å². The van der Waals surface area contributed by atoms with Crippen LogP contribution in [0.2, 0.25) is 0 Å². The molecule has 0 aliphatic carbocycles. The number of hydrogen-bond donors (Lipinski definition) is 1. The molecule has 2 N–H and O–H groups in total. The first kappa shape index (κ1) is 10.7. The van der Waals surface area contributed by atoms with Crippen molar-refractivity contribution in [1.29, 1.82) is 0 Å². The van der Waals surface area contributed by atoms with Crippen LogP contribution in [0.3, 0.4) is 0 Å². The van der Waals surface area contributed by atoms with E-state index >= 15 is 0 Å². The highest BCUT2D eigenvalue weighted by Gasteiger charge is 2.12.